The molecule has 12 aliphatic rings. The van der Waals surface area contributed by atoms with E-state index in [9.17, 15) is 0 Å². The van der Waals surface area contributed by atoms with Gasteiger partial charge in [0.1, 0.15) is 0 Å². The molecule has 0 aromatic carbocycles. The first-order chi connectivity index (χ1) is 33.7. The van der Waals surface area contributed by atoms with Gasteiger partial charge in [-0.05, 0) is 250 Å². The van der Waals surface area contributed by atoms with Gasteiger partial charge in [0, 0.05) is 40.8 Å². The van der Waals surface area contributed by atoms with Crippen molar-refractivity contribution in [1.29, 1.82) is 0 Å². The maximum atomic E-state index is 3.32. The second kappa shape index (κ2) is 20.0. The van der Waals surface area contributed by atoms with Gasteiger partial charge in [-0.3, -0.25) is 4.90 Å². The molecule has 0 aromatic heterocycles. The second-order valence-electron chi connectivity index (χ2n) is 27.8. The first-order valence-corrected chi connectivity index (χ1v) is 31.1. The lowest BCUT2D eigenvalue weighted by molar-refractivity contribution is -0.00239. The number of nitrogens with zero attached hydrogens (tertiary/aromatic N) is 2. The molecular formula is C67H100N2. The van der Waals surface area contributed by atoms with Crippen molar-refractivity contribution >= 4 is 0 Å². The third-order valence-electron chi connectivity index (χ3n) is 23.9. The van der Waals surface area contributed by atoms with Crippen molar-refractivity contribution in [2.75, 3.05) is 0 Å². The van der Waals surface area contributed by atoms with Gasteiger partial charge in [-0.2, -0.15) is 0 Å². The summed E-state index contributed by atoms with van der Waals surface area (Å²) in [4.78, 5) is 6.57. The summed E-state index contributed by atoms with van der Waals surface area (Å²) < 4.78 is 0. The molecule has 0 saturated heterocycles. The van der Waals surface area contributed by atoms with E-state index in [1.54, 1.807) is 5.57 Å². The predicted molar refractivity (Wildman–Crippen MR) is 292 cm³/mol. The van der Waals surface area contributed by atoms with E-state index in [1.807, 2.05) is 16.8 Å². The van der Waals surface area contributed by atoms with E-state index in [1.165, 1.54) is 205 Å². The minimum Gasteiger partial charge on any atom is -0.366 e. The molecular weight excluding hydrogens is 833 g/mol. The summed E-state index contributed by atoms with van der Waals surface area (Å²) in [7, 11) is 0. The Morgan fingerprint density at radius 3 is 2.25 bits per heavy atom. The highest BCUT2D eigenvalue weighted by molar-refractivity contribution is 5.42. The molecule has 13 unspecified atom stereocenters. The van der Waals surface area contributed by atoms with Crippen molar-refractivity contribution in [3.8, 4) is 0 Å². The van der Waals surface area contributed by atoms with Crippen molar-refractivity contribution in [3.05, 3.63) is 83.2 Å². The summed E-state index contributed by atoms with van der Waals surface area (Å²) in [5.41, 5.74) is 8.66. The van der Waals surface area contributed by atoms with Crippen molar-refractivity contribution in [3.63, 3.8) is 0 Å². The molecule has 378 valence electrons. The van der Waals surface area contributed by atoms with E-state index < -0.39 is 0 Å². The molecule has 2 nitrogen and oxygen atoms in total. The van der Waals surface area contributed by atoms with Crippen LogP contribution in [0.5, 0.6) is 0 Å². The SMILES string of the molecule is CC1CC=CC(N(C2CCC(C3C=CC(C45CCC(N(C6=C7C=CCCC7(C)C(C7=CCCCC7C)CC6)C6CCCC(C)C6)(CC4)C5)CC3)CC2)C2CC=C(C3CC=CCC3)C3CCCCC32)C1. The lowest BCUT2D eigenvalue weighted by Gasteiger charge is -2.55. The maximum absolute atomic E-state index is 3.32. The van der Waals surface area contributed by atoms with Gasteiger partial charge in [0.2, 0.25) is 0 Å². The van der Waals surface area contributed by atoms with Gasteiger partial charge in [-0.15, -0.1) is 0 Å². The molecule has 12 rings (SSSR count). The highest BCUT2D eigenvalue weighted by Gasteiger charge is 2.61. The quantitative estimate of drug-likeness (QED) is 0.201. The number of fused-ring (bicyclic) bond motifs is 4. The molecule has 0 heterocycles. The van der Waals surface area contributed by atoms with Crippen LogP contribution in [0.4, 0.5) is 0 Å². The number of hydrogen-bond acceptors (Lipinski definition) is 2. The van der Waals surface area contributed by atoms with E-state index in [4.69, 9.17) is 0 Å². The average Bonchev–Trinajstić information content (AvgIpc) is 3.96. The molecule has 0 N–H and O–H groups in total. The first kappa shape index (κ1) is 47.9. The number of hydrogen-bond donors (Lipinski definition) is 0. The van der Waals surface area contributed by atoms with Crippen LogP contribution in [0.15, 0.2) is 83.2 Å². The minimum atomic E-state index is 0.301. The fraction of sp³-hybridized carbons (Fsp3) is 0.791. The van der Waals surface area contributed by atoms with Crippen LogP contribution in [0.1, 0.15) is 233 Å². The Hall–Kier alpha value is -2.06. The van der Waals surface area contributed by atoms with Gasteiger partial charge in [0.05, 0.1) is 0 Å². The van der Waals surface area contributed by atoms with Gasteiger partial charge in [-0.25, -0.2) is 0 Å². The third-order valence-corrected chi connectivity index (χ3v) is 23.9. The number of rotatable bonds is 10. The zero-order valence-electron chi connectivity index (χ0n) is 44.9. The van der Waals surface area contributed by atoms with E-state index in [0.29, 0.717) is 22.4 Å². The van der Waals surface area contributed by atoms with Crippen LogP contribution >= 0.6 is 0 Å². The first-order valence-electron chi connectivity index (χ1n) is 31.1. The van der Waals surface area contributed by atoms with Crippen LogP contribution < -0.4 is 0 Å². The average molecular weight is 934 g/mol. The van der Waals surface area contributed by atoms with Gasteiger partial charge in [0.15, 0.2) is 0 Å². The van der Waals surface area contributed by atoms with Crippen LogP contribution in [-0.2, 0) is 0 Å². The Balaban J connectivity index is 0.749. The Morgan fingerprint density at radius 2 is 1.46 bits per heavy atom. The van der Waals surface area contributed by atoms with Crippen LogP contribution in [0, 0.1) is 70.0 Å². The van der Waals surface area contributed by atoms with Crippen molar-refractivity contribution in [1.82, 2.24) is 9.80 Å². The van der Waals surface area contributed by atoms with Gasteiger partial charge in [-0.1, -0.05) is 125 Å². The summed E-state index contributed by atoms with van der Waals surface area (Å²) >= 11 is 0. The maximum Gasteiger partial charge on any atom is 0.0408 e. The molecule has 13 atom stereocenters. The summed E-state index contributed by atoms with van der Waals surface area (Å²) in [6.45, 7) is 10.4. The van der Waals surface area contributed by atoms with Gasteiger partial charge in [0.25, 0.3) is 0 Å². The lowest BCUT2D eigenvalue weighted by atomic mass is 9.57. The van der Waals surface area contributed by atoms with E-state index in [0.717, 1.165) is 77.3 Å². The molecule has 0 radical (unpaired) electrons. The van der Waals surface area contributed by atoms with Gasteiger partial charge < -0.3 is 4.90 Å². The molecule has 0 aromatic rings. The van der Waals surface area contributed by atoms with Crippen LogP contribution in [-0.4, -0.2) is 39.5 Å². The molecule has 5 fully saturated rings. The fourth-order valence-electron chi connectivity index (χ4n) is 20.5. The molecule has 0 spiro atoms. The lowest BCUT2D eigenvalue weighted by Crippen LogP contribution is -2.56. The zero-order chi connectivity index (χ0) is 46.7. The van der Waals surface area contributed by atoms with Crippen molar-refractivity contribution in [2.45, 2.75) is 263 Å². The van der Waals surface area contributed by atoms with Crippen molar-refractivity contribution in [2.24, 2.45) is 70.0 Å². The summed E-state index contributed by atoms with van der Waals surface area (Å²) in [5, 5.41) is 0. The highest BCUT2D eigenvalue weighted by atomic mass is 15.3. The summed E-state index contributed by atoms with van der Waals surface area (Å²) in [6.07, 6.45) is 72.1. The molecule has 2 bridgehead atoms. The van der Waals surface area contributed by atoms with E-state index >= 15 is 0 Å². The largest absolute Gasteiger partial charge is 0.366 e. The Kier molecular flexibility index (Phi) is 13.9. The van der Waals surface area contributed by atoms with Gasteiger partial charge >= 0.3 is 0 Å². The highest BCUT2D eigenvalue weighted by Crippen LogP contribution is 2.67. The molecule has 12 aliphatic carbocycles. The van der Waals surface area contributed by atoms with E-state index in [-0.39, 0.29) is 0 Å². The standard InChI is InChI=1S/C67H100N2/c1-47-16-14-21-55(44-47)68(63-37-35-58(52-19-6-5-7-20-52)59-24-10-11-25-60(59)63)54-33-29-51(30-34-54)50-27-31-53(32-28-50)66-40-42-67(46-66,43-41-66)69(56-22-15-17-48(2)45-56)64-38-36-61(57-23-9-8-18-49(57)3)65(4)39-13-12-26-62(64)65/h5-6,12,14,21,23,26-27,31,35,47-56,59-61,63H,7-11,13,15-20,22,24-25,28-30,32-34,36-46H2,1-4H3. The molecule has 2 heteroatoms. The van der Waals surface area contributed by atoms with E-state index in [2.05, 4.69) is 98.3 Å². The van der Waals surface area contributed by atoms with Crippen LogP contribution in [0.3, 0.4) is 0 Å². The smallest absolute Gasteiger partial charge is 0.0408 e. The minimum absolute atomic E-state index is 0.301. The Labute approximate surface area is 423 Å². The summed E-state index contributed by atoms with van der Waals surface area (Å²) in [5.74, 6) is 8.33. The predicted octanol–water partition coefficient (Wildman–Crippen LogP) is 18.0. The fourth-order valence-corrected chi connectivity index (χ4v) is 20.5. The number of allylic oxidation sites excluding steroid dienone is 12. The Morgan fingerprint density at radius 1 is 0.594 bits per heavy atom. The molecule has 0 aliphatic heterocycles. The van der Waals surface area contributed by atoms with Crippen molar-refractivity contribution < 1.29 is 0 Å². The Bertz CT molecular complexity index is 2040. The molecule has 0 amide bonds. The van der Waals surface area contributed by atoms with Crippen LogP contribution in [0.2, 0.25) is 0 Å². The normalized spacial score (nSPS) is 46.6. The second-order valence-corrected chi connectivity index (χ2v) is 27.8. The zero-order valence-corrected chi connectivity index (χ0v) is 44.9. The topological polar surface area (TPSA) is 6.48 Å². The third kappa shape index (κ3) is 8.91. The molecule has 69 heavy (non-hydrogen) atoms. The van der Waals surface area contributed by atoms with Crippen LogP contribution in [0.25, 0.3) is 0 Å². The summed E-state index contributed by atoms with van der Waals surface area (Å²) in [6, 6.07) is 2.95. The monoisotopic (exact) mass is 933 g/mol. The molecule has 5 saturated carbocycles.